The van der Waals surface area contributed by atoms with Gasteiger partial charge in [0.1, 0.15) is 12.2 Å². The van der Waals surface area contributed by atoms with E-state index in [0.29, 0.717) is 34.9 Å². The smallest absolute Gasteiger partial charge is 0.325 e. The standard InChI is InChI=1S/C19H18ClN3O4S/c20-14-1-3-15(4-2-14)28-19-17(13-9-21-23(10-13)11-16(24)25)22-18(27-19)12-5-7-26-8-6-12/h1-4,9-10,12H,5-8,11H2,(H,24,25). The summed E-state index contributed by atoms with van der Waals surface area (Å²) in [4.78, 5) is 16.7. The number of oxazole rings is 1. The molecule has 1 aliphatic rings. The minimum Gasteiger partial charge on any atom is -0.480 e. The summed E-state index contributed by atoms with van der Waals surface area (Å²) in [6, 6.07) is 7.48. The van der Waals surface area contributed by atoms with Crippen LogP contribution < -0.4 is 0 Å². The molecule has 3 heterocycles. The van der Waals surface area contributed by atoms with Crippen molar-refractivity contribution in [3.8, 4) is 11.3 Å². The van der Waals surface area contributed by atoms with Crippen LogP contribution in [0.25, 0.3) is 11.3 Å². The van der Waals surface area contributed by atoms with E-state index in [4.69, 9.17) is 30.8 Å². The first kappa shape index (κ1) is 19.0. The number of hydrogen-bond acceptors (Lipinski definition) is 6. The van der Waals surface area contributed by atoms with Gasteiger partial charge in [0.2, 0.25) is 0 Å². The number of carbonyl (C=O) groups is 1. The van der Waals surface area contributed by atoms with Gasteiger partial charge in [0.25, 0.3) is 0 Å². The average molecular weight is 420 g/mol. The Bertz CT molecular complexity index is 964. The zero-order chi connectivity index (χ0) is 19.5. The van der Waals surface area contributed by atoms with Gasteiger partial charge >= 0.3 is 5.97 Å². The second-order valence-electron chi connectivity index (χ2n) is 6.45. The molecule has 1 fully saturated rings. The Morgan fingerprint density at radius 2 is 2.04 bits per heavy atom. The van der Waals surface area contributed by atoms with Gasteiger partial charge in [0.05, 0.1) is 6.20 Å². The molecule has 4 rings (SSSR count). The molecule has 2 aromatic heterocycles. The number of carboxylic acid groups (broad SMARTS) is 1. The molecule has 28 heavy (non-hydrogen) atoms. The van der Waals surface area contributed by atoms with E-state index in [1.807, 2.05) is 24.3 Å². The second-order valence-corrected chi connectivity index (χ2v) is 7.93. The van der Waals surface area contributed by atoms with E-state index in [1.165, 1.54) is 16.4 Å². The second kappa shape index (κ2) is 8.38. The van der Waals surface area contributed by atoms with Gasteiger partial charge in [0, 0.05) is 40.8 Å². The fourth-order valence-corrected chi connectivity index (χ4v) is 4.01. The highest BCUT2D eigenvalue weighted by Crippen LogP contribution is 2.39. The Kier molecular flexibility index (Phi) is 5.70. The van der Waals surface area contributed by atoms with E-state index in [9.17, 15) is 4.79 Å². The molecule has 9 heteroatoms. The lowest BCUT2D eigenvalue weighted by Gasteiger charge is -2.18. The molecular formula is C19H18ClN3O4S. The number of benzene rings is 1. The summed E-state index contributed by atoms with van der Waals surface area (Å²) < 4.78 is 12.9. The minimum absolute atomic E-state index is 0.204. The fraction of sp³-hybridized carbons (Fsp3) is 0.316. The fourth-order valence-electron chi connectivity index (χ4n) is 3.01. The van der Waals surface area contributed by atoms with Gasteiger partial charge in [-0.05, 0) is 48.9 Å². The van der Waals surface area contributed by atoms with Crippen molar-refractivity contribution in [3.05, 3.63) is 47.6 Å². The van der Waals surface area contributed by atoms with Gasteiger partial charge in [-0.2, -0.15) is 5.10 Å². The van der Waals surface area contributed by atoms with Gasteiger partial charge in [-0.25, -0.2) is 4.98 Å². The molecule has 0 saturated carbocycles. The zero-order valence-electron chi connectivity index (χ0n) is 14.9. The van der Waals surface area contributed by atoms with Crippen molar-refractivity contribution in [2.75, 3.05) is 13.2 Å². The van der Waals surface area contributed by atoms with E-state index in [0.717, 1.165) is 23.3 Å². The quantitative estimate of drug-likeness (QED) is 0.636. The summed E-state index contributed by atoms with van der Waals surface area (Å²) in [7, 11) is 0. The molecule has 1 aliphatic heterocycles. The van der Waals surface area contributed by atoms with Crippen LogP contribution in [0, 0.1) is 0 Å². The van der Waals surface area contributed by atoms with Crippen LogP contribution in [0.1, 0.15) is 24.7 Å². The lowest BCUT2D eigenvalue weighted by Crippen LogP contribution is -2.14. The molecule has 7 nitrogen and oxygen atoms in total. The van der Waals surface area contributed by atoms with Gasteiger partial charge in [-0.3, -0.25) is 9.48 Å². The van der Waals surface area contributed by atoms with E-state index in [1.54, 1.807) is 12.4 Å². The van der Waals surface area contributed by atoms with Crippen molar-refractivity contribution in [3.63, 3.8) is 0 Å². The summed E-state index contributed by atoms with van der Waals surface area (Å²) in [5.74, 6) is -0.0599. The van der Waals surface area contributed by atoms with Crippen LogP contribution in [0.2, 0.25) is 5.02 Å². The third-order valence-electron chi connectivity index (χ3n) is 4.41. The van der Waals surface area contributed by atoms with Gasteiger partial charge < -0.3 is 14.3 Å². The van der Waals surface area contributed by atoms with E-state index >= 15 is 0 Å². The zero-order valence-corrected chi connectivity index (χ0v) is 16.4. The SMILES string of the molecule is O=C(O)Cn1cc(-c2nc(C3CCOCC3)oc2Sc2ccc(Cl)cc2)cn1. The van der Waals surface area contributed by atoms with Crippen LogP contribution >= 0.6 is 23.4 Å². The molecule has 0 bridgehead atoms. The Hall–Kier alpha value is -2.29. The van der Waals surface area contributed by atoms with Crippen molar-refractivity contribution >= 4 is 29.3 Å². The number of aliphatic carboxylic acids is 1. The highest BCUT2D eigenvalue weighted by Gasteiger charge is 2.25. The molecule has 3 aromatic rings. The molecule has 0 unspecified atom stereocenters. The summed E-state index contributed by atoms with van der Waals surface area (Å²) in [6.45, 7) is 1.18. The van der Waals surface area contributed by atoms with Crippen molar-refractivity contribution < 1.29 is 19.1 Å². The Labute approximate surface area is 170 Å². The van der Waals surface area contributed by atoms with Crippen molar-refractivity contribution in [1.29, 1.82) is 0 Å². The lowest BCUT2D eigenvalue weighted by molar-refractivity contribution is -0.137. The monoisotopic (exact) mass is 419 g/mol. The molecular weight excluding hydrogens is 402 g/mol. The highest BCUT2D eigenvalue weighted by molar-refractivity contribution is 7.99. The first-order valence-electron chi connectivity index (χ1n) is 8.85. The topological polar surface area (TPSA) is 90.4 Å². The van der Waals surface area contributed by atoms with Crippen molar-refractivity contribution in [1.82, 2.24) is 14.8 Å². The number of carboxylic acids is 1. The first-order chi connectivity index (χ1) is 13.6. The molecule has 0 aliphatic carbocycles. The Balaban J connectivity index is 1.67. The number of ether oxygens (including phenoxy) is 1. The third kappa shape index (κ3) is 4.40. The predicted octanol–water partition coefficient (Wildman–Crippen LogP) is 4.32. The summed E-state index contributed by atoms with van der Waals surface area (Å²) >= 11 is 7.43. The van der Waals surface area contributed by atoms with E-state index in [2.05, 4.69) is 5.10 Å². The molecule has 1 saturated heterocycles. The number of rotatable bonds is 6. The van der Waals surface area contributed by atoms with Gasteiger partial charge in [0.15, 0.2) is 11.0 Å². The van der Waals surface area contributed by atoms with Crippen LogP contribution in [0.4, 0.5) is 0 Å². The van der Waals surface area contributed by atoms with Crippen molar-refractivity contribution in [2.24, 2.45) is 0 Å². The van der Waals surface area contributed by atoms with Crippen LogP contribution in [0.5, 0.6) is 0 Å². The van der Waals surface area contributed by atoms with Gasteiger partial charge in [-0.15, -0.1) is 0 Å². The van der Waals surface area contributed by atoms with Crippen LogP contribution in [0.3, 0.4) is 0 Å². The summed E-state index contributed by atoms with van der Waals surface area (Å²) in [5.41, 5.74) is 1.39. The summed E-state index contributed by atoms with van der Waals surface area (Å²) in [5, 5.41) is 14.4. The minimum atomic E-state index is -0.950. The van der Waals surface area contributed by atoms with Gasteiger partial charge in [-0.1, -0.05) is 11.6 Å². The third-order valence-corrected chi connectivity index (χ3v) is 5.63. The lowest BCUT2D eigenvalue weighted by atomic mass is 10.0. The molecule has 0 amide bonds. The van der Waals surface area contributed by atoms with Crippen LogP contribution in [-0.4, -0.2) is 39.1 Å². The van der Waals surface area contributed by atoms with Crippen molar-refractivity contribution in [2.45, 2.75) is 35.3 Å². The molecule has 1 N–H and O–H groups in total. The Morgan fingerprint density at radius 3 is 2.75 bits per heavy atom. The maximum absolute atomic E-state index is 10.9. The summed E-state index contributed by atoms with van der Waals surface area (Å²) in [6.07, 6.45) is 5.01. The number of aromatic nitrogens is 3. The number of halogens is 1. The molecule has 0 radical (unpaired) electrons. The maximum Gasteiger partial charge on any atom is 0.325 e. The highest BCUT2D eigenvalue weighted by atomic mass is 35.5. The van der Waals surface area contributed by atoms with Crippen LogP contribution in [-0.2, 0) is 16.1 Å². The predicted molar refractivity (Wildman–Crippen MR) is 104 cm³/mol. The molecule has 1 aromatic carbocycles. The number of nitrogens with zero attached hydrogens (tertiary/aromatic N) is 3. The molecule has 0 atom stereocenters. The van der Waals surface area contributed by atoms with E-state index in [-0.39, 0.29) is 12.5 Å². The largest absolute Gasteiger partial charge is 0.480 e. The molecule has 0 spiro atoms. The number of hydrogen-bond donors (Lipinski definition) is 1. The van der Waals surface area contributed by atoms with Crippen LogP contribution in [0.15, 0.2) is 51.1 Å². The first-order valence-corrected chi connectivity index (χ1v) is 10.0. The normalized spacial score (nSPS) is 15.0. The van der Waals surface area contributed by atoms with E-state index < -0.39 is 5.97 Å². The Morgan fingerprint density at radius 1 is 1.29 bits per heavy atom. The maximum atomic E-state index is 10.9. The average Bonchev–Trinajstić information content (AvgIpc) is 3.31. The molecule has 146 valence electrons.